The van der Waals surface area contributed by atoms with Crippen molar-refractivity contribution in [1.29, 1.82) is 0 Å². The maximum Gasteiger partial charge on any atom is 0.227 e. The van der Waals surface area contributed by atoms with Crippen molar-refractivity contribution in [3.05, 3.63) is 35.0 Å². The van der Waals surface area contributed by atoms with Crippen molar-refractivity contribution < 1.29 is 14.2 Å². The number of aryl methyl sites for hydroxylation is 3. The fraction of sp³-hybridized carbons (Fsp3) is 0.591. The number of ether oxygens (including phenoxy) is 3. The van der Waals surface area contributed by atoms with Gasteiger partial charge in [-0.05, 0) is 13.8 Å². The summed E-state index contributed by atoms with van der Waals surface area (Å²) in [6.45, 7) is 7.24. The molecular weight excluding hydrogens is 410 g/mol. The second kappa shape index (κ2) is 7.43. The first-order chi connectivity index (χ1) is 15.5. The van der Waals surface area contributed by atoms with E-state index in [1.54, 1.807) is 4.68 Å². The van der Waals surface area contributed by atoms with E-state index in [-0.39, 0.29) is 12.0 Å². The quantitative estimate of drug-likeness (QED) is 0.609. The molecule has 3 fully saturated rings. The fourth-order valence-corrected chi connectivity index (χ4v) is 4.80. The molecule has 1 unspecified atom stereocenters. The minimum absolute atomic E-state index is 0.0710. The molecule has 6 rings (SSSR count). The smallest absolute Gasteiger partial charge is 0.227 e. The zero-order valence-corrected chi connectivity index (χ0v) is 18.6. The van der Waals surface area contributed by atoms with Gasteiger partial charge in [0.15, 0.2) is 11.4 Å². The molecule has 0 N–H and O–H groups in total. The average molecular weight is 438 g/mol. The van der Waals surface area contributed by atoms with Crippen LogP contribution in [0.2, 0.25) is 0 Å². The molecule has 1 spiro atoms. The van der Waals surface area contributed by atoms with Gasteiger partial charge in [-0.3, -0.25) is 4.68 Å². The number of hydrogen-bond donors (Lipinski definition) is 0. The third-order valence-electron chi connectivity index (χ3n) is 6.72. The Labute approximate surface area is 185 Å². The molecule has 3 aliphatic rings. The molecule has 0 bridgehead atoms. The molecule has 10 heteroatoms. The third-order valence-corrected chi connectivity index (χ3v) is 6.72. The number of aromatic nitrogens is 6. The molecule has 0 radical (unpaired) electrons. The summed E-state index contributed by atoms with van der Waals surface area (Å²) in [6.07, 6.45) is 5.35. The van der Waals surface area contributed by atoms with Crippen molar-refractivity contribution in [2.24, 2.45) is 7.05 Å². The second-order valence-corrected chi connectivity index (χ2v) is 8.94. The Hall–Kier alpha value is -2.69. The van der Waals surface area contributed by atoms with E-state index in [1.165, 1.54) is 0 Å². The van der Waals surface area contributed by atoms with E-state index < -0.39 is 5.79 Å². The maximum absolute atomic E-state index is 6.01. The predicted molar refractivity (Wildman–Crippen MR) is 115 cm³/mol. The zero-order valence-electron chi connectivity index (χ0n) is 18.6. The molecular formula is C22H27N7O3. The molecule has 32 heavy (non-hydrogen) atoms. The van der Waals surface area contributed by atoms with Crippen LogP contribution < -0.4 is 4.90 Å². The summed E-state index contributed by atoms with van der Waals surface area (Å²) in [5, 5.41) is 4.28. The highest BCUT2D eigenvalue weighted by atomic mass is 16.7. The van der Waals surface area contributed by atoms with Gasteiger partial charge in [0.1, 0.15) is 11.6 Å². The van der Waals surface area contributed by atoms with Crippen LogP contribution in [0.5, 0.6) is 0 Å². The van der Waals surface area contributed by atoms with Gasteiger partial charge in [0.2, 0.25) is 5.95 Å². The summed E-state index contributed by atoms with van der Waals surface area (Å²) in [7, 11) is 1.91. The highest BCUT2D eigenvalue weighted by molar-refractivity contribution is 5.75. The molecule has 2 aliphatic heterocycles. The average Bonchev–Trinajstić information content (AvgIpc) is 3.43. The Balaban J connectivity index is 1.36. The summed E-state index contributed by atoms with van der Waals surface area (Å²) in [5.74, 6) is 0.444. The van der Waals surface area contributed by atoms with Crippen LogP contribution in [0.3, 0.4) is 0 Å². The van der Waals surface area contributed by atoms with Crippen LogP contribution in [-0.2, 0) is 21.3 Å². The van der Waals surface area contributed by atoms with Crippen LogP contribution in [-0.4, -0.2) is 68.4 Å². The monoisotopic (exact) mass is 437 g/mol. The first-order valence-electron chi connectivity index (χ1n) is 11.2. The van der Waals surface area contributed by atoms with Gasteiger partial charge in [-0.2, -0.15) is 10.1 Å². The molecule has 3 aromatic rings. The lowest BCUT2D eigenvalue weighted by molar-refractivity contribution is -0.215. The van der Waals surface area contributed by atoms with Gasteiger partial charge in [0, 0.05) is 44.1 Å². The third kappa shape index (κ3) is 3.33. The van der Waals surface area contributed by atoms with Crippen LogP contribution in [0.15, 0.2) is 12.4 Å². The van der Waals surface area contributed by atoms with E-state index in [2.05, 4.69) is 10.00 Å². The molecule has 3 aromatic heterocycles. The summed E-state index contributed by atoms with van der Waals surface area (Å²) in [5.41, 5.74) is 5.21. The van der Waals surface area contributed by atoms with E-state index in [1.807, 2.05) is 33.3 Å². The lowest BCUT2D eigenvalue weighted by Crippen LogP contribution is -2.44. The highest BCUT2D eigenvalue weighted by Crippen LogP contribution is 2.50. The zero-order chi connectivity index (χ0) is 21.9. The van der Waals surface area contributed by atoms with Gasteiger partial charge >= 0.3 is 0 Å². The summed E-state index contributed by atoms with van der Waals surface area (Å²) >= 11 is 0. The van der Waals surface area contributed by atoms with Crippen molar-refractivity contribution in [1.82, 2.24) is 29.7 Å². The van der Waals surface area contributed by atoms with E-state index in [9.17, 15) is 0 Å². The van der Waals surface area contributed by atoms with Gasteiger partial charge in [-0.25, -0.2) is 15.0 Å². The first-order valence-corrected chi connectivity index (χ1v) is 11.2. The molecule has 1 atom stereocenters. The molecule has 168 valence electrons. The minimum Gasteiger partial charge on any atom is -0.370 e. The van der Waals surface area contributed by atoms with Crippen LogP contribution >= 0.6 is 0 Å². The lowest BCUT2D eigenvalue weighted by Gasteiger charge is -2.42. The fourth-order valence-electron chi connectivity index (χ4n) is 4.80. The number of hydrogen-bond acceptors (Lipinski definition) is 9. The Morgan fingerprint density at radius 2 is 1.78 bits per heavy atom. The molecule has 2 saturated heterocycles. The molecule has 10 nitrogen and oxygen atoms in total. The largest absolute Gasteiger partial charge is 0.370 e. The summed E-state index contributed by atoms with van der Waals surface area (Å²) in [4.78, 5) is 21.6. The normalized spacial score (nSPS) is 23.2. The van der Waals surface area contributed by atoms with Crippen LogP contribution in [0, 0.1) is 13.8 Å². The highest BCUT2D eigenvalue weighted by Gasteiger charge is 2.51. The second-order valence-electron chi connectivity index (χ2n) is 8.94. The van der Waals surface area contributed by atoms with Crippen LogP contribution in [0.4, 0.5) is 5.95 Å². The minimum atomic E-state index is -0.445. The molecule has 5 heterocycles. The first kappa shape index (κ1) is 20.0. The van der Waals surface area contributed by atoms with E-state index in [4.69, 9.17) is 34.1 Å². The van der Waals surface area contributed by atoms with E-state index >= 15 is 0 Å². The SMILES string of the molecule is Cc1nc2nc(N3CCOC(c4cnn(C)c4)C3)nc(C3CC4(C3)OCCO4)c2nc1C. The lowest BCUT2D eigenvalue weighted by atomic mass is 9.76. The number of nitrogens with zero attached hydrogens (tertiary/aromatic N) is 7. The number of fused-ring (bicyclic) bond motifs is 1. The molecule has 0 aromatic carbocycles. The maximum atomic E-state index is 6.01. The van der Waals surface area contributed by atoms with Crippen molar-refractivity contribution in [2.45, 2.75) is 44.5 Å². The molecule has 0 amide bonds. The van der Waals surface area contributed by atoms with Crippen molar-refractivity contribution in [2.75, 3.05) is 37.8 Å². The van der Waals surface area contributed by atoms with Crippen molar-refractivity contribution in [3.63, 3.8) is 0 Å². The summed E-state index contributed by atoms with van der Waals surface area (Å²) in [6, 6.07) is 0. The van der Waals surface area contributed by atoms with E-state index in [0.29, 0.717) is 38.0 Å². The van der Waals surface area contributed by atoms with Crippen molar-refractivity contribution in [3.8, 4) is 0 Å². The predicted octanol–water partition coefficient (Wildman–Crippen LogP) is 1.97. The number of anilines is 1. The Morgan fingerprint density at radius 1 is 1.00 bits per heavy atom. The van der Waals surface area contributed by atoms with Gasteiger partial charge in [-0.15, -0.1) is 0 Å². The van der Waals surface area contributed by atoms with Gasteiger partial charge in [-0.1, -0.05) is 0 Å². The summed E-state index contributed by atoms with van der Waals surface area (Å²) < 4.78 is 19.5. The number of morpholine rings is 1. The van der Waals surface area contributed by atoms with Gasteiger partial charge in [0.25, 0.3) is 0 Å². The number of rotatable bonds is 3. The van der Waals surface area contributed by atoms with Gasteiger partial charge in [0.05, 0.1) is 49.6 Å². The molecule has 1 aliphatic carbocycles. The Morgan fingerprint density at radius 3 is 2.53 bits per heavy atom. The molecule has 1 saturated carbocycles. The van der Waals surface area contributed by atoms with Crippen LogP contribution in [0.25, 0.3) is 11.2 Å². The van der Waals surface area contributed by atoms with Crippen molar-refractivity contribution >= 4 is 17.1 Å². The van der Waals surface area contributed by atoms with E-state index in [0.717, 1.165) is 47.5 Å². The van der Waals surface area contributed by atoms with Gasteiger partial charge < -0.3 is 19.1 Å². The Kier molecular flexibility index (Phi) is 4.63. The van der Waals surface area contributed by atoms with Crippen LogP contribution in [0.1, 0.15) is 47.5 Å². The topological polar surface area (TPSA) is 100 Å². The standard InChI is InChI=1S/C22H27N7O3/c1-13-14(2)25-20-19(24-13)18(15-8-22(9-15)31-6-7-32-22)26-21(27-20)29-4-5-30-17(12-29)16-10-23-28(3)11-16/h10-11,15,17H,4-9,12H2,1-3H3. The Bertz CT molecular complexity index is 1170.